The van der Waals surface area contributed by atoms with Gasteiger partial charge in [-0.2, -0.15) is 0 Å². The van der Waals surface area contributed by atoms with Crippen LogP contribution in [0.5, 0.6) is 11.5 Å². The lowest BCUT2D eigenvalue weighted by Gasteiger charge is -2.22. The van der Waals surface area contributed by atoms with E-state index in [0.717, 1.165) is 5.56 Å². The molecule has 0 spiro atoms. The number of likely N-dealkylation sites (N-methyl/N-ethyl adjacent to an activating group) is 1. The fraction of sp³-hybridized carbons (Fsp3) is 0.0952. The number of carbonyl (C=O) groups excluding carboxylic acids is 1. The van der Waals surface area contributed by atoms with Gasteiger partial charge in [-0.15, -0.1) is 0 Å². The molecule has 0 saturated carbocycles. The lowest BCUT2D eigenvalue weighted by molar-refractivity contribution is 0.101. The molecule has 1 heterocycles. The summed E-state index contributed by atoms with van der Waals surface area (Å²) in [5, 5.41) is 0. The Bertz CT molecular complexity index is 972. The Kier molecular flexibility index (Phi) is 5.17. The molecule has 0 aromatic heterocycles. The molecule has 0 unspecified atom stereocenters. The number of ether oxygens (including phenoxy) is 1. The maximum Gasteiger partial charge on any atom is 0.159 e. The molecule has 0 aliphatic carbocycles. The first-order valence-electron chi connectivity index (χ1n) is 8.33. The van der Waals surface area contributed by atoms with Crippen molar-refractivity contribution in [1.29, 1.82) is 0 Å². The minimum absolute atomic E-state index is 0.00553. The minimum Gasteiger partial charge on any atom is -0.457 e. The average Bonchev–Trinajstić information content (AvgIpc) is 2.66. The summed E-state index contributed by atoms with van der Waals surface area (Å²) in [7, 11) is 1.87. The summed E-state index contributed by atoms with van der Waals surface area (Å²) in [4.78, 5) is 21.6. The van der Waals surface area contributed by atoms with Crippen LogP contribution >= 0.6 is 0 Å². The van der Waals surface area contributed by atoms with E-state index in [4.69, 9.17) is 10.5 Å². The number of ketones is 1. The second kappa shape index (κ2) is 7.70. The molecule has 27 heavy (non-hydrogen) atoms. The summed E-state index contributed by atoms with van der Waals surface area (Å²) < 4.78 is 5.84. The van der Waals surface area contributed by atoms with Crippen molar-refractivity contribution in [3.8, 4) is 11.5 Å². The van der Waals surface area contributed by atoms with Crippen LogP contribution in [0.3, 0.4) is 0 Å². The molecule has 6 heteroatoms. The summed E-state index contributed by atoms with van der Waals surface area (Å²) in [5.74, 6) is 1.62. The summed E-state index contributed by atoms with van der Waals surface area (Å²) in [6.07, 6.45) is 3.43. The number of benzene rings is 2. The largest absolute Gasteiger partial charge is 0.457 e. The summed E-state index contributed by atoms with van der Waals surface area (Å²) in [5.41, 5.74) is 8.78. The van der Waals surface area contributed by atoms with Gasteiger partial charge in [0.05, 0.1) is 5.70 Å². The summed E-state index contributed by atoms with van der Waals surface area (Å²) in [6.45, 7) is 5.19. The number of Topliss-reactive ketones (excluding diaryl/α,β-unsaturated/α-hetero) is 1. The topological polar surface area (TPSA) is 80.3 Å². The Morgan fingerprint density at radius 2 is 1.89 bits per heavy atom. The van der Waals surface area contributed by atoms with Crippen LogP contribution in [0.1, 0.15) is 22.8 Å². The highest BCUT2D eigenvalue weighted by atomic mass is 16.5. The Labute approximate surface area is 158 Å². The quantitative estimate of drug-likeness (QED) is 0.649. The van der Waals surface area contributed by atoms with Crippen molar-refractivity contribution < 1.29 is 9.53 Å². The van der Waals surface area contributed by atoms with E-state index >= 15 is 0 Å². The van der Waals surface area contributed by atoms with Gasteiger partial charge in [0.15, 0.2) is 5.78 Å². The van der Waals surface area contributed by atoms with Crippen molar-refractivity contribution >= 4 is 24.0 Å². The molecule has 3 rings (SSSR count). The Morgan fingerprint density at radius 1 is 1.15 bits per heavy atom. The van der Waals surface area contributed by atoms with Crippen molar-refractivity contribution in [3.63, 3.8) is 0 Å². The fourth-order valence-electron chi connectivity index (χ4n) is 2.72. The highest BCUT2D eigenvalue weighted by Gasteiger charge is 2.17. The highest BCUT2D eigenvalue weighted by Crippen LogP contribution is 2.28. The van der Waals surface area contributed by atoms with Gasteiger partial charge in [0.2, 0.25) is 0 Å². The molecular formula is C21H20N4O2. The molecule has 0 radical (unpaired) electrons. The summed E-state index contributed by atoms with van der Waals surface area (Å²) in [6, 6.07) is 14.5. The highest BCUT2D eigenvalue weighted by molar-refractivity contribution is 6.04. The SMILES string of the molecule is C=N/C(=C1/C(N)=NC=CN1C)c1ccc(Oc2cccc(C(C)=O)c2)cc1. The molecule has 0 saturated heterocycles. The molecule has 0 bridgehead atoms. The van der Waals surface area contributed by atoms with Crippen LogP contribution in [-0.2, 0) is 0 Å². The third-order valence-electron chi connectivity index (χ3n) is 4.09. The molecular weight excluding hydrogens is 340 g/mol. The van der Waals surface area contributed by atoms with Gasteiger partial charge in [-0.1, -0.05) is 12.1 Å². The predicted molar refractivity (Wildman–Crippen MR) is 108 cm³/mol. The molecule has 136 valence electrons. The van der Waals surface area contributed by atoms with Gasteiger partial charge in [-0.25, -0.2) is 4.99 Å². The monoisotopic (exact) mass is 360 g/mol. The average molecular weight is 360 g/mol. The summed E-state index contributed by atoms with van der Waals surface area (Å²) >= 11 is 0. The third-order valence-corrected chi connectivity index (χ3v) is 4.09. The Balaban J connectivity index is 1.88. The van der Waals surface area contributed by atoms with Crippen molar-refractivity contribution in [3.05, 3.63) is 77.8 Å². The van der Waals surface area contributed by atoms with Crippen LogP contribution in [0.15, 0.2) is 76.6 Å². The van der Waals surface area contributed by atoms with Gasteiger partial charge in [0, 0.05) is 30.6 Å². The number of nitrogens with two attached hydrogens (primary N) is 1. The van der Waals surface area contributed by atoms with Crippen molar-refractivity contribution in [2.45, 2.75) is 6.92 Å². The van der Waals surface area contributed by atoms with Crippen molar-refractivity contribution in [1.82, 2.24) is 4.90 Å². The van der Waals surface area contributed by atoms with Gasteiger partial charge in [0.25, 0.3) is 0 Å². The molecule has 2 aromatic rings. The van der Waals surface area contributed by atoms with Gasteiger partial charge in [-0.05, 0) is 50.0 Å². The maximum atomic E-state index is 11.5. The van der Waals surface area contributed by atoms with E-state index in [9.17, 15) is 4.79 Å². The van der Waals surface area contributed by atoms with Crippen LogP contribution < -0.4 is 10.5 Å². The first-order chi connectivity index (χ1) is 13.0. The van der Waals surface area contributed by atoms with Crippen molar-refractivity contribution in [2.75, 3.05) is 7.05 Å². The zero-order valence-corrected chi connectivity index (χ0v) is 15.2. The lowest BCUT2D eigenvalue weighted by atomic mass is 10.1. The molecule has 0 atom stereocenters. The zero-order valence-electron chi connectivity index (χ0n) is 15.2. The van der Waals surface area contributed by atoms with E-state index in [0.29, 0.717) is 34.3 Å². The Hall–Kier alpha value is -3.67. The van der Waals surface area contributed by atoms with Gasteiger partial charge < -0.3 is 15.4 Å². The molecule has 6 nitrogen and oxygen atoms in total. The smallest absolute Gasteiger partial charge is 0.159 e. The van der Waals surface area contributed by atoms with Crippen molar-refractivity contribution in [2.24, 2.45) is 15.7 Å². The molecule has 2 N–H and O–H groups in total. The van der Waals surface area contributed by atoms with Gasteiger partial charge >= 0.3 is 0 Å². The van der Waals surface area contributed by atoms with Gasteiger partial charge in [-0.3, -0.25) is 9.79 Å². The molecule has 0 fully saturated rings. The molecule has 2 aromatic carbocycles. The second-order valence-electron chi connectivity index (χ2n) is 5.99. The van der Waals surface area contributed by atoms with Crippen LogP contribution in [0.2, 0.25) is 0 Å². The number of amidine groups is 1. The standard InChI is InChI=1S/C21H20N4O2/c1-14(26)16-5-4-6-18(13-16)27-17-9-7-15(8-10-17)19(23-2)20-21(22)24-11-12-25(20)3/h4-13H,2H2,1,3H3,(H2,22,24)/b20-19-. The number of nitrogens with zero attached hydrogens (tertiary/aromatic N) is 3. The van der Waals surface area contributed by atoms with E-state index in [1.165, 1.54) is 6.92 Å². The number of aliphatic imine (C=N–C) groups is 2. The number of carbonyl (C=O) groups is 1. The van der Waals surface area contributed by atoms with Gasteiger partial charge in [0.1, 0.15) is 23.0 Å². The number of hydrogen-bond donors (Lipinski definition) is 1. The van der Waals surface area contributed by atoms with E-state index in [1.807, 2.05) is 36.2 Å². The fourth-order valence-corrected chi connectivity index (χ4v) is 2.72. The van der Waals surface area contributed by atoms with Crippen LogP contribution in [0.25, 0.3) is 5.70 Å². The molecule has 0 amide bonds. The molecule has 1 aliphatic heterocycles. The van der Waals surface area contributed by atoms with Crippen LogP contribution in [0.4, 0.5) is 0 Å². The number of hydrogen-bond acceptors (Lipinski definition) is 6. The lowest BCUT2D eigenvalue weighted by Crippen LogP contribution is -2.28. The number of rotatable bonds is 5. The first-order valence-corrected chi connectivity index (χ1v) is 8.33. The second-order valence-corrected chi connectivity index (χ2v) is 5.99. The van der Waals surface area contributed by atoms with Crippen LogP contribution in [0, 0.1) is 0 Å². The Morgan fingerprint density at radius 3 is 2.52 bits per heavy atom. The van der Waals surface area contributed by atoms with Crippen LogP contribution in [-0.4, -0.2) is 30.3 Å². The normalized spacial score (nSPS) is 15.2. The maximum absolute atomic E-state index is 11.5. The first kappa shape index (κ1) is 18.1. The third kappa shape index (κ3) is 3.95. The van der Waals surface area contributed by atoms with E-state index < -0.39 is 0 Å². The van der Waals surface area contributed by atoms with E-state index in [-0.39, 0.29) is 5.78 Å². The predicted octanol–water partition coefficient (Wildman–Crippen LogP) is 3.82. The van der Waals surface area contributed by atoms with E-state index in [1.54, 1.807) is 36.7 Å². The molecule has 1 aliphatic rings. The van der Waals surface area contributed by atoms with E-state index in [2.05, 4.69) is 16.7 Å². The minimum atomic E-state index is -0.00553. The zero-order chi connectivity index (χ0) is 19.4.